The van der Waals surface area contributed by atoms with E-state index in [1.165, 1.54) is 11.8 Å². The Morgan fingerprint density at radius 2 is 2.04 bits per heavy atom. The van der Waals surface area contributed by atoms with Gasteiger partial charge in [-0.05, 0) is 53.8 Å². The molecule has 0 aliphatic heterocycles. The Kier molecular flexibility index (Phi) is 5.50. The molecule has 1 aromatic carbocycles. The zero-order chi connectivity index (χ0) is 17.8. The third kappa shape index (κ3) is 4.08. The smallest absolute Gasteiger partial charge is 0.233 e. The number of carbonyl (C=O) groups is 1. The maximum Gasteiger partial charge on any atom is 0.233 e. The van der Waals surface area contributed by atoms with Gasteiger partial charge in [-0.15, -0.1) is 16.4 Å². The van der Waals surface area contributed by atoms with Gasteiger partial charge in [-0.2, -0.15) is 4.68 Å². The van der Waals surface area contributed by atoms with Crippen LogP contribution in [0.5, 0.6) is 0 Å². The van der Waals surface area contributed by atoms with Crippen molar-refractivity contribution in [2.45, 2.75) is 37.7 Å². The van der Waals surface area contributed by atoms with E-state index < -0.39 is 0 Å². The fourth-order valence-corrected chi connectivity index (χ4v) is 3.94. The number of hydrogen-bond acceptors (Lipinski definition) is 6. The molecule has 25 heavy (non-hydrogen) atoms. The number of benzene rings is 1. The minimum atomic E-state index is -0.297. The summed E-state index contributed by atoms with van der Waals surface area (Å²) in [5.74, 6) is -0.0329. The fourth-order valence-electron chi connectivity index (χ4n) is 2.48. The second-order valence-corrected chi connectivity index (χ2v) is 8.01. The van der Waals surface area contributed by atoms with Crippen LogP contribution in [0.15, 0.2) is 40.9 Å². The Balaban J connectivity index is 1.71. The molecule has 2 heterocycles. The van der Waals surface area contributed by atoms with Crippen LogP contribution in [0.25, 0.3) is 5.69 Å². The van der Waals surface area contributed by atoms with Crippen LogP contribution < -0.4 is 5.32 Å². The summed E-state index contributed by atoms with van der Waals surface area (Å²) in [6, 6.07) is 10.0. The van der Waals surface area contributed by atoms with Gasteiger partial charge in [0, 0.05) is 4.88 Å². The minimum absolute atomic E-state index is 0.0329. The summed E-state index contributed by atoms with van der Waals surface area (Å²) >= 11 is 2.98. The van der Waals surface area contributed by atoms with Crippen molar-refractivity contribution in [1.29, 1.82) is 0 Å². The maximum absolute atomic E-state index is 12.3. The van der Waals surface area contributed by atoms with Gasteiger partial charge in [0.15, 0.2) is 0 Å². The molecule has 0 spiro atoms. The van der Waals surface area contributed by atoms with Crippen LogP contribution in [0.3, 0.4) is 0 Å². The van der Waals surface area contributed by atoms with Crippen molar-refractivity contribution in [3.8, 4) is 5.69 Å². The van der Waals surface area contributed by atoms with Crippen LogP contribution in [0.1, 0.15) is 22.9 Å². The van der Waals surface area contributed by atoms with E-state index >= 15 is 0 Å². The molecule has 3 rings (SSSR count). The largest absolute Gasteiger partial charge is 0.350 e. The summed E-state index contributed by atoms with van der Waals surface area (Å²) < 4.78 is 1.71. The molecule has 0 saturated heterocycles. The second kappa shape index (κ2) is 7.79. The lowest BCUT2D eigenvalue weighted by atomic mass is 10.1. The Labute approximate surface area is 154 Å². The van der Waals surface area contributed by atoms with E-state index in [1.54, 1.807) is 16.0 Å². The molecular formula is C17H19N5OS2. The van der Waals surface area contributed by atoms with Crippen molar-refractivity contribution < 1.29 is 4.79 Å². The van der Waals surface area contributed by atoms with Crippen molar-refractivity contribution in [2.24, 2.45) is 0 Å². The minimum Gasteiger partial charge on any atom is -0.350 e. The molecule has 1 N–H and O–H groups in total. The van der Waals surface area contributed by atoms with Crippen molar-refractivity contribution in [3.05, 3.63) is 51.7 Å². The highest BCUT2D eigenvalue weighted by Gasteiger charge is 2.20. The van der Waals surface area contributed by atoms with Crippen molar-refractivity contribution >= 4 is 29.0 Å². The average Bonchev–Trinajstić information content (AvgIpc) is 3.25. The normalized spacial score (nSPS) is 12.1. The lowest BCUT2D eigenvalue weighted by Crippen LogP contribution is -2.30. The van der Waals surface area contributed by atoms with Gasteiger partial charge in [-0.25, -0.2) is 0 Å². The molecule has 130 valence electrons. The average molecular weight is 374 g/mol. The van der Waals surface area contributed by atoms with E-state index in [0.717, 1.165) is 21.7 Å². The Hall–Kier alpha value is -2.19. The summed E-state index contributed by atoms with van der Waals surface area (Å²) in [7, 11) is 0. The molecule has 2 aromatic heterocycles. The molecule has 6 nitrogen and oxygen atoms in total. The van der Waals surface area contributed by atoms with E-state index in [2.05, 4.69) is 20.8 Å². The standard InChI is InChI=1S/C17H19N5OS2/c1-11-6-4-7-12(2)15(11)22-17(19-20-21-22)25-13(3)16(23)18-10-14-8-5-9-24-14/h4-9,13H,10H2,1-3H3,(H,18,23)/t13-/m1/s1. The predicted octanol–water partition coefficient (Wildman–Crippen LogP) is 3.14. The molecule has 8 heteroatoms. The summed E-state index contributed by atoms with van der Waals surface area (Å²) in [5, 5.41) is 17.3. The zero-order valence-electron chi connectivity index (χ0n) is 14.3. The van der Waals surface area contributed by atoms with Crippen molar-refractivity contribution in [1.82, 2.24) is 25.5 Å². The van der Waals surface area contributed by atoms with E-state index in [0.29, 0.717) is 11.7 Å². The highest BCUT2D eigenvalue weighted by molar-refractivity contribution is 8.00. The fraction of sp³-hybridized carbons (Fsp3) is 0.294. The number of thioether (sulfide) groups is 1. The SMILES string of the molecule is Cc1cccc(C)c1-n1nnnc1S[C@H](C)C(=O)NCc1cccs1. The first-order chi connectivity index (χ1) is 12.1. The summed E-state index contributed by atoms with van der Waals surface area (Å²) in [5.41, 5.74) is 3.13. The second-order valence-electron chi connectivity index (χ2n) is 5.67. The van der Waals surface area contributed by atoms with E-state index in [-0.39, 0.29) is 11.2 Å². The summed E-state index contributed by atoms with van der Waals surface area (Å²) in [4.78, 5) is 13.5. The van der Waals surface area contributed by atoms with Gasteiger partial charge in [0.2, 0.25) is 11.1 Å². The lowest BCUT2D eigenvalue weighted by Gasteiger charge is -2.13. The molecule has 0 saturated carbocycles. The Morgan fingerprint density at radius 1 is 1.28 bits per heavy atom. The van der Waals surface area contributed by atoms with E-state index in [1.807, 2.05) is 56.5 Å². The van der Waals surface area contributed by atoms with Gasteiger partial charge in [-0.3, -0.25) is 4.79 Å². The number of amides is 1. The Bertz CT molecular complexity index is 840. The van der Waals surface area contributed by atoms with E-state index in [9.17, 15) is 4.79 Å². The van der Waals surface area contributed by atoms with Crippen molar-refractivity contribution in [2.75, 3.05) is 0 Å². The lowest BCUT2D eigenvalue weighted by molar-refractivity contribution is -0.120. The van der Waals surface area contributed by atoms with Crippen molar-refractivity contribution in [3.63, 3.8) is 0 Å². The quantitative estimate of drug-likeness (QED) is 0.672. The van der Waals surface area contributed by atoms with Crippen LogP contribution in [0.4, 0.5) is 0 Å². The number of para-hydroxylation sites is 1. The monoisotopic (exact) mass is 373 g/mol. The van der Waals surface area contributed by atoms with Crippen LogP contribution in [0, 0.1) is 13.8 Å². The first kappa shape index (κ1) is 17.6. The molecular weight excluding hydrogens is 354 g/mol. The molecule has 0 aliphatic carbocycles. The first-order valence-electron chi connectivity index (χ1n) is 7.88. The number of nitrogens with zero attached hydrogens (tertiary/aromatic N) is 4. The summed E-state index contributed by atoms with van der Waals surface area (Å²) in [6.07, 6.45) is 0. The topological polar surface area (TPSA) is 72.7 Å². The predicted molar refractivity (Wildman–Crippen MR) is 100 cm³/mol. The molecule has 0 aliphatic rings. The van der Waals surface area contributed by atoms with Gasteiger partial charge in [0.25, 0.3) is 0 Å². The number of thiophene rings is 1. The molecule has 1 atom stereocenters. The van der Waals surface area contributed by atoms with Crippen LogP contribution in [-0.2, 0) is 11.3 Å². The van der Waals surface area contributed by atoms with Crippen LogP contribution in [0.2, 0.25) is 0 Å². The Morgan fingerprint density at radius 3 is 2.72 bits per heavy atom. The molecule has 0 bridgehead atoms. The van der Waals surface area contributed by atoms with Gasteiger partial charge in [0.1, 0.15) is 0 Å². The number of rotatable bonds is 6. The van der Waals surface area contributed by atoms with Crippen LogP contribution in [-0.4, -0.2) is 31.4 Å². The van der Waals surface area contributed by atoms with Gasteiger partial charge in [0.05, 0.1) is 17.5 Å². The first-order valence-corrected chi connectivity index (χ1v) is 9.64. The number of carbonyl (C=O) groups excluding carboxylic acids is 1. The third-order valence-corrected chi connectivity index (χ3v) is 5.67. The highest BCUT2D eigenvalue weighted by atomic mass is 32.2. The summed E-state index contributed by atoms with van der Waals surface area (Å²) in [6.45, 7) is 6.45. The molecule has 0 radical (unpaired) electrons. The number of aromatic nitrogens is 4. The van der Waals surface area contributed by atoms with Gasteiger partial charge in [-0.1, -0.05) is 36.0 Å². The van der Waals surface area contributed by atoms with Gasteiger partial charge < -0.3 is 5.32 Å². The maximum atomic E-state index is 12.3. The van der Waals surface area contributed by atoms with E-state index in [4.69, 9.17) is 0 Å². The molecule has 0 unspecified atom stereocenters. The number of nitrogens with one attached hydrogen (secondary N) is 1. The number of aryl methyl sites for hydroxylation is 2. The third-order valence-electron chi connectivity index (χ3n) is 3.76. The number of tetrazole rings is 1. The highest BCUT2D eigenvalue weighted by Crippen LogP contribution is 2.26. The number of hydrogen-bond donors (Lipinski definition) is 1. The molecule has 3 aromatic rings. The van der Waals surface area contributed by atoms with Gasteiger partial charge >= 0.3 is 0 Å². The molecule has 0 fully saturated rings. The van der Waals surface area contributed by atoms with Crippen LogP contribution >= 0.6 is 23.1 Å². The molecule has 1 amide bonds. The zero-order valence-corrected chi connectivity index (χ0v) is 15.9.